The molecule has 1 amide bonds. The monoisotopic (exact) mass is 436 g/mol. The van der Waals surface area contributed by atoms with Gasteiger partial charge in [-0.1, -0.05) is 6.07 Å². The molecule has 0 spiro atoms. The highest BCUT2D eigenvalue weighted by atomic mass is 16.5. The van der Waals surface area contributed by atoms with Crippen LogP contribution in [0, 0.1) is 19.3 Å². The van der Waals surface area contributed by atoms with Gasteiger partial charge >= 0.3 is 0 Å². The number of carbonyl (C=O) groups is 1. The molecule has 1 aliphatic rings. The number of ether oxygens (including phenoxy) is 1. The molecule has 1 aromatic carbocycles. The number of hydrogen-bond acceptors (Lipinski definition) is 6. The van der Waals surface area contributed by atoms with Gasteiger partial charge in [-0.2, -0.15) is 0 Å². The van der Waals surface area contributed by atoms with Gasteiger partial charge in [0.05, 0.1) is 36.2 Å². The second-order valence-corrected chi connectivity index (χ2v) is 8.21. The maximum Gasteiger partial charge on any atom is 0.255 e. The SMILES string of the molecule is CN/C=C\C(=N)c1ccc(Cc2cc(C(=O)N[C@H]3CCC[C@@H]3O)c(OC)c(C)c2C)cn1. The summed E-state index contributed by atoms with van der Waals surface area (Å²) in [6.07, 6.45) is 7.63. The van der Waals surface area contributed by atoms with Gasteiger partial charge in [-0.25, -0.2) is 0 Å². The fraction of sp³-hybridized carbons (Fsp3) is 0.400. The van der Waals surface area contributed by atoms with E-state index in [1.54, 1.807) is 32.6 Å². The van der Waals surface area contributed by atoms with Gasteiger partial charge in [0.2, 0.25) is 0 Å². The van der Waals surface area contributed by atoms with E-state index in [0.29, 0.717) is 35.6 Å². The molecular weight excluding hydrogens is 404 g/mol. The third-order valence-electron chi connectivity index (χ3n) is 6.10. The number of amides is 1. The quantitative estimate of drug-likeness (QED) is 0.476. The van der Waals surface area contributed by atoms with Crippen molar-refractivity contribution in [1.82, 2.24) is 15.6 Å². The number of hydrogen-bond donors (Lipinski definition) is 4. The van der Waals surface area contributed by atoms with Crippen molar-refractivity contribution < 1.29 is 14.6 Å². The molecule has 3 rings (SSSR count). The first-order valence-electron chi connectivity index (χ1n) is 10.9. The minimum atomic E-state index is -0.498. The number of rotatable bonds is 8. The van der Waals surface area contributed by atoms with E-state index in [1.807, 2.05) is 32.0 Å². The highest BCUT2D eigenvalue weighted by molar-refractivity contribution is 6.04. The summed E-state index contributed by atoms with van der Waals surface area (Å²) >= 11 is 0. The van der Waals surface area contributed by atoms with Gasteiger partial charge in [0, 0.05) is 13.2 Å². The summed E-state index contributed by atoms with van der Waals surface area (Å²) in [5.41, 5.74) is 5.39. The van der Waals surface area contributed by atoms with Gasteiger partial charge in [0.15, 0.2) is 0 Å². The lowest BCUT2D eigenvalue weighted by atomic mass is 9.93. The van der Waals surface area contributed by atoms with Crippen LogP contribution in [0.25, 0.3) is 0 Å². The van der Waals surface area contributed by atoms with E-state index in [1.165, 1.54) is 0 Å². The Hall–Kier alpha value is -3.19. The molecule has 1 aromatic heterocycles. The van der Waals surface area contributed by atoms with Gasteiger partial charge in [0.25, 0.3) is 5.91 Å². The Bertz CT molecular complexity index is 1010. The van der Waals surface area contributed by atoms with Crippen LogP contribution in [0.1, 0.15) is 57.6 Å². The lowest BCUT2D eigenvalue weighted by molar-refractivity contribution is 0.0870. The minimum Gasteiger partial charge on any atom is -0.496 e. The molecule has 4 N–H and O–H groups in total. The van der Waals surface area contributed by atoms with Crippen LogP contribution >= 0.6 is 0 Å². The number of aromatic nitrogens is 1. The molecule has 0 saturated heterocycles. The zero-order chi connectivity index (χ0) is 23.3. The zero-order valence-electron chi connectivity index (χ0n) is 19.2. The number of nitrogens with zero attached hydrogens (tertiary/aromatic N) is 1. The molecule has 7 nitrogen and oxygen atoms in total. The fourth-order valence-electron chi connectivity index (χ4n) is 4.09. The highest BCUT2D eigenvalue weighted by Crippen LogP contribution is 2.31. The molecule has 7 heteroatoms. The molecule has 2 aromatic rings. The molecule has 1 heterocycles. The van der Waals surface area contributed by atoms with Gasteiger partial charge in [-0.3, -0.25) is 15.2 Å². The van der Waals surface area contributed by atoms with E-state index < -0.39 is 6.10 Å². The first-order valence-corrected chi connectivity index (χ1v) is 10.9. The van der Waals surface area contributed by atoms with Crippen molar-refractivity contribution in [2.75, 3.05) is 14.2 Å². The van der Waals surface area contributed by atoms with Crippen LogP contribution in [-0.4, -0.2) is 48.0 Å². The Morgan fingerprint density at radius 3 is 2.69 bits per heavy atom. The van der Waals surface area contributed by atoms with Crippen LogP contribution in [0.4, 0.5) is 0 Å². The van der Waals surface area contributed by atoms with Crippen molar-refractivity contribution in [1.29, 1.82) is 5.41 Å². The van der Waals surface area contributed by atoms with Crippen molar-refractivity contribution in [3.05, 3.63) is 70.2 Å². The molecule has 0 bridgehead atoms. The van der Waals surface area contributed by atoms with Crippen LogP contribution in [0.3, 0.4) is 0 Å². The molecule has 0 unspecified atom stereocenters. The minimum absolute atomic E-state index is 0.221. The molecule has 0 radical (unpaired) electrons. The summed E-state index contributed by atoms with van der Waals surface area (Å²) in [5, 5.41) is 24.0. The standard InChI is InChI=1S/C25H32N4O3/c1-15-16(2)24(32-4)19(25(31)29-22-6-5-7-23(22)30)13-18(15)12-17-8-9-21(28-14-17)20(26)10-11-27-3/h8-11,13-14,22-23,26-27,30H,5-7,12H2,1-4H3,(H,29,31)/b11-10-,26-20?/t22-,23-/m0/s1. The molecule has 170 valence electrons. The van der Waals surface area contributed by atoms with Crippen LogP contribution in [-0.2, 0) is 6.42 Å². The Balaban J connectivity index is 1.86. The molecule has 0 aliphatic heterocycles. The van der Waals surface area contributed by atoms with E-state index in [4.69, 9.17) is 10.1 Å². The lowest BCUT2D eigenvalue weighted by Gasteiger charge is -2.20. The highest BCUT2D eigenvalue weighted by Gasteiger charge is 2.28. The van der Waals surface area contributed by atoms with Crippen molar-refractivity contribution >= 4 is 11.6 Å². The number of aliphatic hydroxyl groups is 1. The van der Waals surface area contributed by atoms with Crippen molar-refractivity contribution in [3.8, 4) is 5.75 Å². The van der Waals surface area contributed by atoms with E-state index in [0.717, 1.165) is 35.1 Å². The molecular formula is C25H32N4O3. The average Bonchev–Trinajstić information content (AvgIpc) is 3.19. The Morgan fingerprint density at radius 2 is 2.09 bits per heavy atom. The van der Waals surface area contributed by atoms with Crippen LogP contribution in [0.2, 0.25) is 0 Å². The van der Waals surface area contributed by atoms with E-state index in [-0.39, 0.29) is 11.9 Å². The predicted molar refractivity (Wildman–Crippen MR) is 126 cm³/mol. The molecule has 32 heavy (non-hydrogen) atoms. The first-order chi connectivity index (χ1) is 15.3. The average molecular weight is 437 g/mol. The summed E-state index contributed by atoms with van der Waals surface area (Å²) in [4.78, 5) is 17.5. The van der Waals surface area contributed by atoms with E-state index >= 15 is 0 Å². The molecule has 1 fully saturated rings. The number of pyridine rings is 1. The number of allylic oxidation sites excluding steroid dienone is 1. The second-order valence-electron chi connectivity index (χ2n) is 8.21. The van der Waals surface area contributed by atoms with Gasteiger partial charge < -0.3 is 20.5 Å². The summed E-state index contributed by atoms with van der Waals surface area (Å²) in [6.45, 7) is 3.98. The van der Waals surface area contributed by atoms with E-state index in [9.17, 15) is 9.90 Å². The van der Waals surface area contributed by atoms with Crippen LogP contribution < -0.4 is 15.4 Å². The van der Waals surface area contributed by atoms with Crippen LogP contribution in [0.15, 0.2) is 36.7 Å². The molecule has 1 saturated carbocycles. The third kappa shape index (κ3) is 5.16. The summed E-state index contributed by atoms with van der Waals surface area (Å²) in [5.74, 6) is 0.338. The first kappa shape index (κ1) is 23.5. The maximum atomic E-state index is 13.1. The van der Waals surface area contributed by atoms with Crippen molar-refractivity contribution in [2.24, 2.45) is 0 Å². The summed E-state index contributed by atoms with van der Waals surface area (Å²) in [7, 11) is 3.35. The number of carbonyl (C=O) groups excluding carboxylic acids is 1. The zero-order valence-corrected chi connectivity index (χ0v) is 19.2. The van der Waals surface area contributed by atoms with Gasteiger partial charge in [-0.05, 0) is 86.2 Å². The van der Waals surface area contributed by atoms with Gasteiger partial charge in [0.1, 0.15) is 5.75 Å². The number of methoxy groups -OCH3 is 1. The number of aliphatic hydroxyl groups excluding tert-OH is 1. The summed E-state index contributed by atoms with van der Waals surface area (Å²) < 4.78 is 5.58. The maximum absolute atomic E-state index is 13.1. The molecule has 1 aliphatic carbocycles. The molecule has 2 atom stereocenters. The third-order valence-corrected chi connectivity index (χ3v) is 6.10. The van der Waals surface area contributed by atoms with Crippen molar-refractivity contribution in [2.45, 2.75) is 51.7 Å². The van der Waals surface area contributed by atoms with E-state index in [2.05, 4.69) is 15.6 Å². The smallest absolute Gasteiger partial charge is 0.255 e. The Labute approximate surface area is 189 Å². The Kier molecular flexibility index (Phi) is 7.64. The normalized spacial score (nSPS) is 18.0. The fourth-order valence-corrected chi connectivity index (χ4v) is 4.09. The largest absolute Gasteiger partial charge is 0.496 e. The van der Waals surface area contributed by atoms with Crippen LogP contribution in [0.5, 0.6) is 5.75 Å². The second kappa shape index (κ2) is 10.4. The number of nitrogens with one attached hydrogen (secondary N) is 3. The Morgan fingerprint density at radius 1 is 1.31 bits per heavy atom. The van der Waals surface area contributed by atoms with Gasteiger partial charge in [-0.15, -0.1) is 0 Å². The topological polar surface area (TPSA) is 107 Å². The lowest BCUT2D eigenvalue weighted by Crippen LogP contribution is -2.40. The number of benzene rings is 1. The summed E-state index contributed by atoms with van der Waals surface area (Å²) in [6, 6.07) is 5.45. The van der Waals surface area contributed by atoms with Crippen molar-refractivity contribution in [3.63, 3.8) is 0 Å². The predicted octanol–water partition coefficient (Wildman–Crippen LogP) is 3.04.